The zero-order valence-corrected chi connectivity index (χ0v) is 29.5. The first-order valence-corrected chi connectivity index (χ1v) is 17.1. The molecule has 5 rings (SSSR count). The number of nitrogens with zero attached hydrogens (tertiary/aromatic N) is 2. The Morgan fingerprint density at radius 2 is 1.51 bits per heavy atom. The van der Waals surface area contributed by atoms with Gasteiger partial charge in [-0.2, -0.15) is 13.2 Å². The fourth-order valence-electron chi connectivity index (χ4n) is 6.13. The van der Waals surface area contributed by atoms with Gasteiger partial charge in [0.2, 0.25) is 0 Å². The normalized spacial score (nSPS) is 16.7. The van der Waals surface area contributed by atoms with E-state index in [9.17, 15) is 27.6 Å². The highest BCUT2D eigenvalue weighted by atomic mass is 35.5. The third kappa shape index (κ3) is 8.21. The zero-order chi connectivity index (χ0) is 35.7. The summed E-state index contributed by atoms with van der Waals surface area (Å²) in [5.41, 5.74) is 0.894. The van der Waals surface area contributed by atoms with Gasteiger partial charge < -0.3 is 19.3 Å². The van der Waals surface area contributed by atoms with Gasteiger partial charge in [-0.3, -0.25) is 9.59 Å². The molecule has 1 heterocycles. The quantitative estimate of drug-likeness (QED) is 0.170. The summed E-state index contributed by atoms with van der Waals surface area (Å²) in [7, 11) is 3.27. The van der Waals surface area contributed by atoms with E-state index in [0.29, 0.717) is 58.0 Å². The topological polar surface area (TPSA) is 76.2 Å². The maximum Gasteiger partial charge on any atom is 0.454 e. The molecule has 0 N–H and O–H groups in total. The minimum absolute atomic E-state index is 0.0546. The molecule has 1 aromatic heterocycles. The van der Waals surface area contributed by atoms with E-state index in [2.05, 4.69) is 0 Å². The second kappa shape index (κ2) is 14.4. The first-order valence-electron chi connectivity index (χ1n) is 15.9. The standard InChI is InChI=1S/C37H38ClF3N2O5S/c1-36(2,3)48-35(46)42(4)26-15-17-27(18-16-26)43(34(45)32-31(38)28-8-6-7-9-30(28)49-32)21-25-20-24(14-19-29(25)47-5)22-10-12-23(13-11-22)33(44)37(39,40)41/h6-14,19-20,26-27H,15-18,21H2,1-5H3. The van der Waals surface area contributed by atoms with Crippen molar-refractivity contribution in [3.05, 3.63) is 87.8 Å². The van der Waals surface area contributed by atoms with Crippen LogP contribution in [0.3, 0.4) is 0 Å². The molecule has 0 atom stereocenters. The van der Waals surface area contributed by atoms with Crippen molar-refractivity contribution in [2.45, 2.75) is 76.9 Å². The number of carbonyl (C=O) groups excluding carboxylic acids is 3. The molecule has 1 aliphatic carbocycles. The Labute approximate surface area is 292 Å². The van der Waals surface area contributed by atoms with Crippen LogP contribution in [-0.4, -0.2) is 65.6 Å². The van der Waals surface area contributed by atoms with Gasteiger partial charge in [0.15, 0.2) is 0 Å². The summed E-state index contributed by atoms with van der Waals surface area (Å²) in [6, 6.07) is 17.9. The number of alkyl halides is 3. The van der Waals surface area contributed by atoms with E-state index in [1.54, 1.807) is 24.1 Å². The lowest BCUT2D eigenvalue weighted by Crippen LogP contribution is -2.47. The number of fused-ring (bicyclic) bond motifs is 1. The predicted molar refractivity (Wildman–Crippen MR) is 186 cm³/mol. The summed E-state index contributed by atoms with van der Waals surface area (Å²) in [6.07, 6.45) is -2.79. The number of hydrogen-bond acceptors (Lipinski definition) is 6. The van der Waals surface area contributed by atoms with E-state index in [-0.39, 0.29) is 24.5 Å². The summed E-state index contributed by atoms with van der Waals surface area (Å²) in [4.78, 5) is 42.8. The Bertz CT molecular complexity index is 1840. The zero-order valence-electron chi connectivity index (χ0n) is 27.9. The largest absolute Gasteiger partial charge is 0.496 e. The first kappa shape index (κ1) is 36.2. The van der Waals surface area contributed by atoms with Crippen molar-refractivity contribution >= 4 is 50.8 Å². The SMILES string of the molecule is COc1ccc(-c2ccc(C(=O)C(F)(F)F)cc2)cc1CN(C(=O)c1sc2ccccc2c1Cl)C1CCC(N(C)C(=O)OC(C)(C)C)CC1. The van der Waals surface area contributed by atoms with Gasteiger partial charge in [0.1, 0.15) is 16.2 Å². The van der Waals surface area contributed by atoms with Crippen LogP contribution in [0.4, 0.5) is 18.0 Å². The van der Waals surface area contributed by atoms with Gasteiger partial charge in [0, 0.05) is 46.9 Å². The third-order valence-electron chi connectivity index (χ3n) is 8.69. The van der Waals surface area contributed by atoms with Crippen molar-refractivity contribution in [2.24, 2.45) is 0 Å². The van der Waals surface area contributed by atoms with Gasteiger partial charge >= 0.3 is 12.3 Å². The number of ketones is 1. The van der Waals surface area contributed by atoms with Crippen LogP contribution in [0.15, 0.2) is 66.7 Å². The van der Waals surface area contributed by atoms with Gasteiger partial charge in [-0.25, -0.2) is 4.79 Å². The van der Waals surface area contributed by atoms with E-state index in [1.807, 2.05) is 56.0 Å². The molecule has 260 valence electrons. The van der Waals surface area contributed by atoms with Crippen molar-refractivity contribution in [1.29, 1.82) is 0 Å². The lowest BCUT2D eigenvalue weighted by Gasteiger charge is -2.40. The molecule has 49 heavy (non-hydrogen) atoms. The molecule has 3 aromatic carbocycles. The number of rotatable bonds is 8. The lowest BCUT2D eigenvalue weighted by molar-refractivity contribution is -0.0885. The monoisotopic (exact) mass is 714 g/mol. The number of methoxy groups -OCH3 is 1. The van der Waals surface area contributed by atoms with Crippen LogP contribution in [0.5, 0.6) is 5.75 Å². The van der Waals surface area contributed by atoms with Crippen LogP contribution in [0.25, 0.3) is 21.2 Å². The summed E-state index contributed by atoms with van der Waals surface area (Å²) < 4.78 is 51.1. The molecule has 0 spiro atoms. The van der Waals surface area contributed by atoms with E-state index in [0.717, 1.165) is 22.2 Å². The van der Waals surface area contributed by atoms with Crippen molar-refractivity contribution in [2.75, 3.05) is 14.2 Å². The summed E-state index contributed by atoms with van der Waals surface area (Å²) in [5, 5.41) is 1.19. The molecule has 0 bridgehead atoms. The van der Waals surface area contributed by atoms with Crippen molar-refractivity contribution in [1.82, 2.24) is 9.80 Å². The smallest absolute Gasteiger partial charge is 0.454 e. The van der Waals surface area contributed by atoms with Gasteiger partial charge in [-0.05, 0) is 75.8 Å². The molecular weight excluding hydrogens is 677 g/mol. The number of carbonyl (C=O) groups is 3. The second-order valence-corrected chi connectivity index (χ2v) is 14.6. The molecule has 1 aliphatic rings. The van der Waals surface area contributed by atoms with Gasteiger partial charge in [-0.1, -0.05) is 60.1 Å². The van der Waals surface area contributed by atoms with Crippen LogP contribution in [0.1, 0.15) is 72.0 Å². The van der Waals surface area contributed by atoms with Crippen molar-refractivity contribution in [3.63, 3.8) is 0 Å². The lowest BCUT2D eigenvalue weighted by atomic mass is 9.89. The van der Waals surface area contributed by atoms with Crippen LogP contribution >= 0.6 is 22.9 Å². The summed E-state index contributed by atoms with van der Waals surface area (Å²) in [5.74, 6) is -1.60. The average Bonchev–Trinajstić information content (AvgIpc) is 3.41. The number of amides is 2. The Hall–Kier alpha value is -4.09. The van der Waals surface area contributed by atoms with Crippen LogP contribution < -0.4 is 4.74 Å². The maximum atomic E-state index is 14.5. The number of Topliss-reactive ketones (excluding diaryl/α,β-unsaturated/α-hetero) is 1. The molecule has 1 saturated carbocycles. The van der Waals surface area contributed by atoms with Crippen LogP contribution in [-0.2, 0) is 11.3 Å². The fourth-order valence-corrected chi connectivity index (χ4v) is 7.60. The first-order chi connectivity index (χ1) is 23.1. The Kier molecular flexibility index (Phi) is 10.6. The van der Waals surface area contributed by atoms with Crippen molar-refractivity contribution in [3.8, 4) is 16.9 Å². The number of ether oxygens (including phenoxy) is 2. The Morgan fingerprint density at radius 3 is 2.10 bits per heavy atom. The van der Waals surface area contributed by atoms with Crippen LogP contribution in [0, 0.1) is 0 Å². The Morgan fingerprint density at radius 1 is 0.898 bits per heavy atom. The van der Waals surface area contributed by atoms with Crippen molar-refractivity contribution < 1.29 is 37.0 Å². The van der Waals surface area contributed by atoms with E-state index >= 15 is 0 Å². The van der Waals surface area contributed by atoms with E-state index in [1.165, 1.54) is 30.6 Å². The van der Waals surface area contributed by atoms with E-state index < -0.39 is 29.2 Å². The molecule has 2 amide bonds. The second-order valence-electron chi connectivity index (χ2n) is 13.2. The molecule has 0 unspecified atom stereocenters. The predicted octanol–water partition coefficient (Wildman–Crippen LogP) is 9.80. The molecular formula is C37H38ClF3N2O5S. The van der Waals surface area contributed by atoms with Gasteiger partial charge in [-0.15, -0.1) is 11.3 Å². The molecule has 1 fully saturated rings. The van der Waals surface area contributed by atoms with E-state index in [4.69, 9.17) is 21.1 Å². The highest BCUT2D eigenvalue weighted by Gasteiger charge is 2.39. The molecule has 4 aromatic rings. The summed E-state index contributed by atoms with van der Waals surface area (Å²) >= 11 is 8.14. The molecule has 0 radical (unpaired) electrons. The highest BCUT2D eigenvalue weighted by Crippen LogP contribution is 2.39. The minimum Gasteiger partial charge on any atom is -0.496 e. The molecule has 0 saturated heterocycles. The number of halogens is 4. The average molecular weight is 715 g/mol. The number of benzene rings is 3. The van der Waals surface area contributed by atoms with Gasteiger partial charge in [0.05, 0.1) is 12.1 Å². The van der Waals surface area contributed by atoms with Gasteiger partial charge in [0.25, 0.3) is 11.7 Å². The fraction of sp³-hybridized carbons (Fsp3) is 0.378. The number of hydrogen-bond donors (Lipinski definition) is 0. The Balaban J connectivity index is 1.45. The maximum absolute atomic E-state index is 14.5. The molecule has 0 aliphatic heterocycles. The number of thiophene rings is 1. The summed E-state index contributed by atoms with van der Waals surface area (Å²) in [6.45, 7) is 5.64. The highest BCUT2D eigenvalue weighted by molar-refractivity contribution is 7.21. The molecule has 7 nitrogen and oxygen atoms in total. The molecule has 12 heteroatoms. The third-order valence-corrected chi connectivity index (χ3v) is 10.3. The van der Waals surface area contributed by atoms with Crippen LogP contribution in [0.2, 0.25) is 5.02 Å². The minimum atomic E-state index is -4.97.